The van der Waals surface area contributed by atoms with E-state index in [1.807, 2.05) is 24.3 Å². The maximum absolute atomic E-state index is 5.89. The van der Waals surface area contributed by atoms with Gasteiger partial charge >= 0.3 is 0 Å². The molecule has 0 atom stereocenters. The third kappa shape index (κ3) is 1.72. The van der Waals surface area contributed by atoms with Gasteiger partial charge in [0.05, 0.1) is 11.7 Å². The molecule has 0 spiro atoms. The van der Waals surface area contributed by atoms with E-state index < -0.39 is 0 Å². The normalized spacial score (nSPS) is 10.9. The summed E-state index contributed by atoms with van der Waals surface area (Å²) >= 11 is 5.89. The van der Waals surface area contributed by atoms with Gasteiger partial charge in [0.25, 0.3) is 0 Å². The van der Waals surface area contributed by atoms with E-state index in [1.54, 1.807) is 23.0 Å². The van der Waals surface area contributed by atoms with Crippen LogP contribution in [-0.4, -0.2) is 14.8 Å². The number of para-hydroxylation sites is 1. The highest BCUT2D eigenvalue weighted by molar-refractivity contribution is 6.29. The van der Waals surface area contributed by atoms with Crippen LogP contribution in [0.15, 0.2) is 42.6 Å². The molecule has 2 N–H and O–H groups in total. The SMILES string of the molecule is Nc1cc(Cl)nc(-n2ncc3ccccc32)c1. The first-order valence-electron chi connectivity index (χ1n) is 5.10. The number of nitrogens with zero attached hydrogens (tertiary/aromatic N) is 3. The van der Waals surface area contributed by atoms with E-state index in [1.165, 1.54) is 0 Å². The predicted molar refractivity (Wildman–Crippen MR) is 68.3 cm³/mol. The molecule has 0 bridgehead atoms. The summed E-state index contributed by atoms with van der Waals surface area (Å²) in [6, 6.07) is 11.2. The first-order chi connectivity index (χ1) is 8.24. The quantitative estimate of drug-likeness (QED) is 0.670. The number of hydrogen-bond donors (Lipinski definition) is 1. The van der Waals surface area contributed by atoms with Gasteiger partial charge in [-0.05, 0) is 12.1 Å². The van der Waals surface area contributed by atoms with Gasteiger partial charge in [-0.1, -0.05) is 29.8 Å². The number of fused-ring (bicyclic) bond motifs is 1. The van der Waals surface area contributed by atoms with Crippen molar-refractivity contribution in [1.29, 1.82) is 0 Å². The standard InChI is InChI=1S/C12H9ClN4/c13-11-5-9(14)6-12(16-11)17-10-4-2-1-3-8(10)7-15-17/h1-7H,(H2,14,16). The predicted octanol–water partition coefficient (Wildman–Crippen LogP) is 2.66. The zero-order valence-corrected chi connectivity index (χ0v) is 9.59. The fourth-order valence-corrected chi connectivity index (χ4v) is 1.98. The van der Waals surface area contributed by atoms with Crippen LogP contribution in [0.25, 0.3) is 16.7 Å². The van der Waals surface area contributed by atoms with Gasteiger partial charge in [-0.15, -0.1) is 0 Å². The number of halogens is 1. The minimum atomic E-state index is 0.361. The lowest BCUT2D eigenvalue weighted by molar-refractivity contribution is 0.875. The smallest absolute Gasteiger partial charge is 0.157 e. The second-order valence-corrected chi connectivity index (χ2v) is 4.08. The average molecular weight is 245 g/mol. The number of nitrogen functional groups attached to an aromatic ring is 1. The number of rotatable bonds is 1. The molecule has 0 aliphatic rings. The molecule has 0 aliphatic heterocycles. The molecule has 84 valence electrons. The molecular weight excluding hydrogens is 236 g/mol. The molecule has 0 saturated heterocycles. The summed E-state index contributed by atoms with van der Waals surface area (Å²) < 4.78 is 1.72. The van der Waals surface area contributed by atoms with E-state index >= 15 is 0 Å². The second kappa shape index (κ2) is 3.75. The molecule has 0 fully saturated rings. The maximum atomic E-state index is 5.89. The van der Waals surface area contributed by atoms with E-state index in [2.05, 4.69) is 10.1 Å². The van der Waals surface area contributed by atoms with Crippen molar-refractivity contribution < 1.29 is 0 Å². The lowest BCUT2D eigenvalue weighted by atomic mass is 10.2. The molecule has 0 aliphatic carbocycles. The maximum Gasteiger partial charge on any atom is 0.157 e. The van der Waals surface area contributed by atoms with E-state index in [-0.39, 0.29) is 0 Å². The lowest BCUT2D eigenvalue weighted by Gasteiger charge is -2.04. The Labute approximate surface area is 103 Å². The number of aromatic nitrogens is 3. The summed E-state index contributed by atoms with van der Waals surface area (Å²) in [5, 5.41) is 5.70. The van der Waals surface area contributed by atoms with E-state index in [4.69, 9.17) is 17.3 Å². The molecule has 0 amide bonds. The highest BCUT2D eigenvalue weighted by Gasteiger charge is 2.06. The van der Waals surface area contributed by atoms with Gasteiger partial charge in [-0.25, -0.2) is 9.67 Å². The van der Waals surface area contributed by atoms with Crippen molar-refractivity contribution in [2.24, 2.45) is 0 Å². The van der Waals surface area contributed by atoms with E-state index in [9.17, 15) is 0 Å². The third-order valence-electron chi connectivity index (χ3n) is 2.50. The van der Waals surface area contributed by atoms with Gasteiger partial charge in [-0.3, -0.25) is 0 Å². The van der Waals surface area contributed by atoms with Crippen LogP contribution in [0.1, 0.15) is 0 Å². The largest absolute Gasteiger partial charge is 0.399 e. The summed E-state index contributed by atoms with van der Waals surface area (Å²) in [5.41, 5.74) is 7.29. The van der Waals surface area contributed by atoms with Crippen LogP contribution in [0.4, 0.5) is 5.69 Å². The first-order valence-corrected chi connectivity index (χ1v) is 5.48. The van der Waals surface area contributed by atoms with Gasteiger partial charge in [0.15, 0.2) is 5.82 Å². The van der Waals surface area contributed by atoms with Crippen LogP contribution in [0, 0.1) is 0 Å². The summed E-state index contributed by atoms with van der Waals surface area (Å²) in [6.07, 6.45) is 1.79. The fourth-order valence-electron chi connectivity index (χ4n) is 1.77. The van der Waals surface area contributed by atoms with Gasteiger partial charge < -0.3 is 5.73 Å². The Morgan fingerprint density at radius 1 is 1.18 bits per heavy atom. The molecule has 3 aromatic rings. The molecule has 0 unspecified atom stereocenters. The summed E-state index contributed by atoms with van der Waals surface area (Å²) in [6.45, 7) is 0. The van der Waals surface area contributed by atoms with Crippen LogP contribution in [0.2, 0.25) is 5.15 Å². The Kier molecular flexibility index (Phi) is 2.23. The van der Waals surface area contributed by atoms with Crippen molar-refractivity contribution in [1.82, 2.24) is 14.8 Å². The van der Waals surface area contributed by atoms with Gasteiger partial charge in [0.1, 0.15) is 5.15 Å². The molecule has 17 heavy (non-hydrogen) atoms. The van der Waals surface area contributed by atoms with Crippen molar-refractivity contribution in [2.45, 2.75) is 0 Å². The topological polar surface area (TPSA) is 56.7 Å². The molecule has 2 heterocycles. The highest BCUT2D eigenvalue weighted by atomic mass is 35.5. The Bertz CT molecular complexity index is 670. The third-order valence-corrected chi connectivity index (χ3v) is 2.69. The van der Waals surface area contributed by atoms with Crippen LogP contribution in [-0.2, 0) is 0 Å². The number of benzene rings is 1. The molecule has 0 saturated carbocycles. The van der Waals surface area contributed by atoms with E-state index in [0.29, 0.717) is 16.7 Å². The average Bonchev–Trinajstić information content (AvgIpc) is 2.71. The number of anilines is 1. The summed E-state index contributed by atoms with van der Waals surface area (Å²) in [4.78, 5) is 4.21. The molecule has 3 rings (SSSR count). The van der Waals surface area contributed by atoms with Crippen LogP contribution in [0.5, 0.6) is 0 Å². The van der Waals surface area contributed by atoms with Crippen molar-refractivity contribution >= 4 is 28.2 Å². The minimum Gasteiger partial charge on any atom is -0.399 e. The number of pyridine rings is 1. The highest BCUT2D eigenvalue weighted by Crippen LogP contribution is 2.20. The Morgan fingerprint density at radius 2 is 2.00 bits per heavy atom. The van der Waals surface area contributed by atoms with Crippen molar-refractivity contribution in [2.75, 3.05) is 5.73 Å². The zero-order chi connectivity index (χ0) is 11.8. The molecule has 2 aromatic heterocycles. The van der Waals surface area contributed by atoms with Crippen LogP contribution >= 0.6 is 11.6 Å². The van der Waals surface area contributed by atoms with E-state index in [0.717, 1.165) is 10.9 Å². The minimum absolute atomic E-state index is 0.361. The molecule has 4 nitrogen and oxygen atoms in total. The Morgan fingerprint density at radius 3 is 2.82 bits per heavy atom. The van der Waals surface area contributed by atoms with Crippen molar-refractivity contribution in [3.63, 3.8) is 0 Å². The van der Waals surface area contributed by atoms with Gasteiger partial charge in [-0.2, -0.15) is 5.10 Å². The van der Waals surface area contributed by atoms with Crippen molar-refractivity contribution in [3.05, 3.63) is 47.7 Å². The van der Waals surface area contributed by atoms with Crippen molar-refractivity contribution in [3.8, 4) is 5.82 Å². The molecule has 0 radical (unpaired) electrons. The van der Waals surface area contributed by atoms with Gasteiger partial charge in [0.2, 0.25) is 0 Å². The lowest BCUT2D eigenvalue weighted by Crippen LogP contribution is -2.00. The molecule has 1 aromatic carbocycles. The molecule has 5 heteroatoms. The summed E-state index contributed by atoms with van der Waals surface area (Å²) in [7, 11) is 0. The molecular formula is C12H9ClN4. The van der Waals surface area contributed by atoms with Crippen LogP contribution < -0.4 is 5.73 Å². The number of nitrogens with two attached hydrogens (primary N) is 1. The fraction of sp³-hybridized carbons (Fsp3) is 0. The first kappa shape index (κ1) is 10.1. The Hall–Kier alpha value is -2.07. The zero-order valence-electron chi connectivity index (χ0n) is 8.84. The monoisotopic (exact) mass is 244 g/mol. The van der Waals surface area contributed by atoms with Gasteiger partial charge in [0, 0.05) is 17.1 Å². The second-order valence-electron chi connectivity index (χ2n) is 3.70. The Balaban J connectivity index is 2.27. The number of hydrogen-bond acceptors (Lipinski definition) is 3. The van der Waals surface area contributed by atoms with Crippen LogP contribution in [0.3, 0.4) is 0 Å². The summed E-state index contributed by atoms with van der Waals surface area (Å²) in [5.74, 6) is 0.621.